The number of hydrogen-bond donors (Lipinski definition) is 3. The van der Waals surface area contributed by atoms with Crippen LogP contribution in [-0.2, 0) is 4.74 Å². The fourth-order valence-electron chi connectivity index (χ4n) is 3.17. The monoisotopic (exact) mass is 450 g/mol. The van der Waals surface area contributed by atoms with Gasteiger partial charge in [0.05, 0.1) is 24.5 Å². The van der Waals surface area contributed by atoms with Crippen LogP contribution in [0.2, 0.25) is 5.02 Å². The zero-order valence-electron chi connectivity index (χ0n) is 17.2. The van der Waals surface area contributed by atoms with E-state index in [0.717, 1.165) is 19.6 Å². The fourth-order valence-corrected chi connectivity index (χ4v) is 4.53. The minimum absolute atomic E-state index is 0.0847. The highest BCUT2D eigenvalue weighted by Crippen LogP contribution is 2.37. The molecule has 1 saturated heterocycles. The highest BCUT2D eigenvalue weighted by atomic mass is 35.5. The lowest BCUT2D eigenvalue weighted by atomic mass is 10.1. The number of nitrogens with one attached hydrogen (secondary N) is 2. The molecule has 3 rings (SSSR count). The molecule has 1 aliphatic heterocycles. The molecule has 7 nitrogen and oxygen atoms in total. The molecule has 0 bridgehead atoms. The van der Waals surface area contributed by atoms with Crippen LogP contribution in [0.25, 0.3) is 0 Å². The van der Waals surface area contributed by atoms with Gasteiger partial charge in [0.15, 0.2) is 0 Å². The van der Waals surface area contributed by atoms with Gasteiger partial charge >= 0.3 is 0 Å². The van der Waals surface area contributed by atoms with Crippen LogP contribution in [-0.4, -0.2) is 62.0 Å². The number of morpholine rings is 1. The Labute approximate surface area is 185 Å². The predicted molar refractivity (Wildman–Crippen MR) is 122 cm³/mol. The second kappa shape index (κ2) is 10.3. The first kappa shape index (κ1) is 22.6. The van der Waals surface area contributed by atoms with E-state index in [1.54, 1.807) is 24.3 Å². The van der Waals surface area contributed by atoms with Gasteiger partial charge in [-0.05, 0) is 38.1 Å². The summed E-state index contributed by atoms with van der Waals surface area (Å²) >= 11 is 7.12. The number of nitrogens with two attached hydrogens (primary N) is 1. The molecule has 0 saturated carbocycles. The highest BCUT2D eigenvalue weighted by molar-refractivity contribution is 7.19. The molecule has 162 valence electrons. The van der Waals surface area contributed by atoms with Gasteiger partial charge in [0.25, 0.3) is 5.91 Å². The normalized spacial score (nSPS) is 14.7. The molecule has 1 aliphatic rings. The van der Waals surface area contributed by atoms with E-state index in [1.807, 2.05) is 13.8 Å². The second-order valence-corrected chi connectivity index (χ2v) is 8.85. The maximum atomic E-state index is 13.0. The number of anilines is 2. The largest absolute Gasteiger partial charge is 0.397 e. The van der Waals surface area contributed by atoms with Crippen molar-refractivity contribution < 1.29 is 14.3 Å². The summed E-state index contributed by atoms with van der Waals surface area (Å²) < 4.78 is 5.34. The minimum Gasteiger partial charge on any atom is -0.397 e. The van der Waals surface area contributed by atoms with Crippen molar-refractivity contribution in [2.24, 2.45) is 0 Å². The van der Waals surface area contributed by atoms with Crippen LogP contribution in [0.5, 0.6) is 0 Å². The number of thiophene rings is 1. The van der Waals surface area contributed by atoms with E-state index in [-0.39, 0.29) is 23.4 Å². The van der Waals surface area contributed by atoms with Crippen molar-refractivity contribution in [2.45, 2.75) is 19.9 Å². The van der Waals surface area contributed by atoms with Gasteiger partial charge in [0.1, 0.15) is 9.88 Å². The maximum Gasteiger partial charge on any atom is 0.256 e. The molecule has 1 aromatic heterocycles. The van der Waals surface area contributed by atoms with Crippen molar-refractivity contribution in [1.29, 1.82) is 0 Å². The van der Waals surface area contributed by atoms with Gasteiger partial charge in [-0.3, -0.25) is 14.5 Å². The molecule has 0 atom stereocenters. The zero-order valence-corrected chi connectivity index (χ0v) is 18.7. The topological polar surface area (TPSA) is 96.7 Å². The van der Waals surface area contributed by atoms with Gasteiger partial charge in [-0.2, -0.15) is 0 Å². The van der Waals surface area contributed by atoms with E-state index in [9.17, 15) is 9.59 Å². The van der Waals surface area contributed by atoms with Crippen LogP contribution >= 0.6 is 22.9 Å². The molecule has 1 aromatic carbocycles. The third-order valence-electron chi connectivity index (χ3n) is 4.72. The van der Waals surface area contributed by atoms with Crippen molar-refractivity contribution in [1.82, 2.24) is 10.2 Å². The van der Waals surface area contributed by atoms with E-state index >= 15 is 0 Å². The van der Waals surface area contributed by atoms with Gasteiger partial charge in [0, 0.05) is 42.8 Å². The summed E-state index contributed by atoms with van der Waals surface area (Å²) in [4.78, 5) is 28.5. The Bertz CT molecular complexity index is 892. The van der Waals surface area contributed by atoms with Gasteiger partial charge in [-0.1, -0.05) is 11.6 Å². The predicted octanol–water partition coefficient (Wildman–Crippen LogP) is 3.10. The van der Waals surface area contributed by atoms with Crippen LogP contribution < -0.4 is 16.4 Å². The molecule has 9 heteroatoms. The molecule has 2 aromatic rings. The number of carbonyl (C=O) groups excluding carboxylic acids is 2. The number of ether oxygens (including phenoxy) is 1. The molecule has 0 radical (unpaired) electrons. The lowest BCUT2D eigenvalue weighted by Gasteiger charge is -2.26. The SMILES string of the molecule is CC(C)Nc1sc(C(=O)c2ccc(Cl)cc2)c(N)c1C(=O)NCCN1CCOCC1. The standard InChI is InChI=1S/C21H27ClN4O3S/c1-13(2)25-21-16(20(28)24-7-8-26-9-11-29-12-10-26)17(23)19(30-21)18(27)14-3-5-15(22)6-4-14/h3-6,13,25H,7-12,23H2,1-2H3,(H,24,28). The van der Waals surface area contributed by atoms with Crippen molar-refractivity contribution in [2.75, 3.05) is 50.4 Å². The Morgan fingerprint density at radius 2 is 1.90 bits per heavy atom. The first-order valence-electron chi connectivity index (χ1n) is 9.94. The van der Waals surface area contributed by atoms with Crippen LogP contribution in [0.15, 0.2) is 24.3 Å². The number of rotatable bonds is 8. The van der Waals surface area contributed by atoms with E-state index in [4.69, 9.17) is 22.1 Å². The van der Waals surface area contributed by atoms with E-state index in [2.05, 4.69) is 15.5 Å². The number of carbonyl (C=O) groups is 2. The molecule has 30 heavy (non-hydrogen) atoms. The van der Waals surface area contributed by atoms with Gasteiger partial charge in [-0.25, -0.2) is 0 Å². The third kappa shape index (κ3) is 5.51. The summed E-state index contributed by atoms with van der Waals surface area (Å²) in [7, 11) is 0. The Balaban J connectivity index is 1.78. The molecule has 1 amide bonds. The Morgan fingerprint density at radius 1 is 1.23 bits per heavy atom. The number of ketones is 1. The number of halogens is 1. The Hall–Kier alpha value is -2.13. The van der Waals surface area contributed by atoms with Crippen LogP contribution in [0, 0.1) is 0 Å². The molecular weight excluding hydrogens is 424 g/mol. The average Bonchev–Trinajstić information content (AvgIpc) is 3.04. The summed E-state index contributed by atoms with van der Waals surface area (Å²) in [5.74, 6) is -0.511. The summed E-state index contributed by atoms with van der Waals surface area (Å²) in [6.07, 6.45) is 0. The van der Waals surface area contributed by atoms with Crippen molar-refractivity contribution in [3.63, 3.8) is 0 Å². The number of amides is 1. The highest BCUT2D eigenvalue weighted by Gasteiger charge is 2.26. The van der Waals surface area contributed by atoms with Crippen molar-refractivity contribution in [3.05, 3.63) is 45.3 Å². The van der Waals surface area contributed by atoms with Crippen molar-refractivity contribution in [3.8, 4) is 0 Å². The fraction of sp³-hybridized carbons (Fsp3) is 0.429. The lowest BCUT2D eigenvalue weighted by Crippen LogP contribution is -2.41. The Morgan fingerprint density at radius 3 is 2.53 bits per heavy atom. The number of nitrogen functional groups attached to an aromatic ring is 1. The van der Waals surface area contributed by atoms with Crippen LogP contribution in [0.3, 0.4) is 0 Å². The summed E-state index contributed by atoms with van der Waals surface area (Å²) in [6.45, 7) is 8.31. The average molecular weight is 451 g/mol. The second-order valence-electron chi connectivity index (χ2n) is 7.39. The Kier molecular flexibility index (Phi) is 7.71. The number of nitrogens with zero attached hydrogens (tertiary/aromatic N) is 1. The van der Waals surface area contributed by atoms with Crippen molar-refractivity contribution >= 4 is 45.3 Å². The summed E-state index contributed by atoms with van der Waals surface area (Å²) in [5.41, 5.74) is 7.30. The number of benzene rings is 1. The first-order valence-corrected chi connectivity index (χ1v) is 11.1. The quantitative estimate of drug-likeness (QED) is 0.535. The number of hydrogen-bond acceptors (Lipinski definition) is 7. The maximum absolute atomic E-state index is 13.0. The molecule has 0 spiro atoms. The molecule has 4 N–H and O–H groups in total. The first-order chi connectivity index (χ1) is 14.4. The minimum atomic E-state index is -0.282. The van der Waals surface area contributed by atoms with Gasteiger partial charge in [0.2, 0.25) is 5.78 Å². The van der Waals surface area contributed by atoms with E-state index in [0.29, 0.717) is 45.8 Å². The van der Waals surface area contributed by atoms with Gasteiger partial charge < -0.3 is 21.1 Å². The van der Waals surface area contributed by atoms with Crippen LogP contribution in [0.1, 0.15) is 39.4 Å². The van der Waals surface area contributed by atoms with E-state index in [1.165, 1.54) is 11.3 Å². The van der Waals surface area contributed by atoms with Gasteiger partial charge in [-0.15, -0.1) is 11.3 Å². The zero-order chi connectivity index (χ0) is 21.7. The lowest BCUT2D eigenvalue weighted by molar-refractivity contribution is 0.0383. The van der Waals surface area contributed by atoms with Crippen LogP contribution in [0.4, 0.5) is 10.7 Å². The third-order valence-corrected chi connectivity index (χ3v) is 6.11. The molecule has 0 aliphatic carbocycles. The summed E-state index contributed by atoms with van der Waals surface area (Å²) in [5, 5.41) is 7.33. The smallest absolute Gasteiger partial charge is 0.256 e. The summed E-state index contributed by atoms with van der Waals surface area (Å²) in [6, 6.07) is 6.71. The molecule has 1 fully saturated rings. The molecular formula is C21H27ClN4O3S. The molecule has 2 heterocycles. The molecule has 0 unspecified atom stereocenters. The van der Waals surface area contributed by atoms with E-state index < -0.39 is 0 Å².